The Morgan fingerprint density at radius 1 is 1.15 bits per heavy atom. The van der Waals surface area contributed by atoms with Crippen LogP contribution in [0.1, 0.15) is 12.0 Å². The van der Waals surface area contributed by atoms with Gasteiger partial charge in [-0.2, -0.15) is 0 Å². The summed E-state index contributed by atoms with van der Waals surface area (Å²) < 4.78 is 9.14. The van der Waals surface area contributed by atoms with Gasteiger partial charge in [0.2, 0.25) is 0 Å². The van der Waals surface area contributed by atoms with Crippen LogP contribution in [0.2, 0.25) is 0 Å². The third-order valence-corrected chi connectivity index (χ3v) is 2.58. The average Bonchev–Trinajstić information content (AvgIpc) is 2.50. The fourth-order valence-electron chi connectivity index (χ4n) is 1.53. The molecule has 0 aliphatic carbocycles. The SMILES string of the molecule is C=C(C#Cc1ccccc1)CC(C(=O)OC)C(=O)OC. The highest BCUT2D eigenvalue weighted by Gasteiger charge is 2.28. The standard InChI is InChI=1S/C16H16O4/c1-12(9-10-13-7-5-4-6-8-13)11-14(15(17)19-2)16(18)20-3/h4-8,14H,1,11H2,2-3H3. The molecule has 4 heteroatoms. The van der Waals surface area contributed by atoms with Gasteiger partial charge in [-0.05, 0) is 17.7 Å². The van der Waals surface area contributed by atoms with E-state index in [1.165, 1.54) is 14.2 Å². The van der Waals surface area contributed by atoms with Gasteiger partial charge in [0.15, 0.2) is 5.92 Å². The van der Waals surface area contributed by atoms with Gasteiger partial charge < -0.3 is 9.47 Å². The molecule has 0 radical (unpaired) electrons. The van der Waals surface area contributed by atoms with Gasteiger partial charge in [-0.3, -0.25) is 9.59 Å². The summed E-state index contributed by atoms with van der Waals surface area (Å²) in [5.41, 5.74) is 1.30. The number of allylic oxidation sites excluding steroid dienone is 1. The molecule has 20 heavy (non-hydrogen) atoms. The molecule has 104 valence electrons. The summed E-state index contributed by atoms with van der Waals surface area (Å²) >= 11 is 0. The molecular weight excluding hydrogens is 256 g/mol. The zero-order valence-electron chi connectivity index (χ0n) is 11.5. The minimum absolute atomic E-state index is 0.0825. The lowest BCUT2D eigenvalue weighted by molar-refractivity contribution is -0.158. The third-order valence-electron chi connectivity index (χ3n) is 2.58. The van der Waals surface area contributed by atoms with E-state index in [0.717, 1.165) is 5.56 Å². The van der Waals surface area contributed by atoms with Crippen LogP contribution in [0, 0.1) is 17.8 Å². The monoisotopic (exact) mass is 272 g/mol. The molecule has 0 aliphatic rings. The van der Waals surface area contributed by atoms with Crippen molar-refractivity contribution in [2.75, 3.05) is 14.2 Å². The maximum absolute atomic E-state index is 11.5. The summed E-state index contributed by atoms with van der Waals surface area (Å²) in [6, 6.07) is 9.36. The van der Waals surface area contributed by atoms with Gasteiger partial charge in [0.25, 0.3) is 0 Å². The zero-order chi connectivity index (χ0) is 15.0. The van der Waals surface area contributed by atoms with Crippen molar-refractivity contribution in [3.8, 4) is 11.8 Å². The molecule has 0 atom stereocenters. The van der Waals surface area contributed by atoms with Crippen LogP contribution in [0.5, 0.6) is 0 Å². The summed E-state index contributed by atoms with van der Waals surface area (Å²) in [4.78, 5) is 23.0. The second-order valence-corrected chi connectivity index (χ2v) is 4.02. The molecule has 0 spiro atoms. The number of rotatable bonds is 4. The van der Waals surface area contributed by atoms with Gasteiger partial charge in [-0.1, -0.05) is 36.6 Å². The van der Waals surface area contributed by atoms with Crippen molar-refractivity contribution in [1.29, 1.82) is 0 Å². The van der Waals surface area contributed by atoms with Gasteiger partial charge in [-0.25, -0.2) is 0 Å². The first-order valence-corrected chi connectivity index (χ1v) is 5.99. The molecule has 1 aromatic rings. The van der Waals surface area contributed by atoms with E-state index in [1.54, 1.807) is 0 Å². The van der Waals surface area contributed by atoms with E-state index in [1.807, 2.05) is 30.3 Å². The molecule has 0 unspecified atom stereocenters. The fraction of sp³-hybridized carbons (Fsp3) is 0.250. The van der Waals surface area contributed by atoms with Crippen LogP contribution in [0.15, 0.2) is 42.5 Å². The molecule has 0 amide bonds. The minimum Gasteiger partial charge on any atom is -0.468 e. The number of benzene rings is 1. The van der Waals surface area contributed by atoms with Crippen LogP contribution >= 0.6 is 0 Å². The molecule has 0 heterocycles. The van der Waals surface area contributed by atoms with Crippen molar-refractivity contribution < 1.29 is 19.1 Å². The number of carbonyl (C=O) groups excluding carboxylic acids is 2. The minimum atomic E-state index is -1.03. The maximum Gasteiger partial charge on any atom is 0.320 e. The van der Waals surface area contributed by atoms with Gasteiger partial charge in [0.05, 0.1) is 14.2 Å². The summed E-state index contributed by atoms with van der Waals surface area (Å²) in [6.07, 6.45) is 0.0825. The van der Waals surface area contributed by atoms with E-state index in [0.29, 0.717) is 5.57 Å². The van der Waals surface area contributed by atoms with Gasteiger partial charge in [0, 0.05) is 12.0 Å². The Morgan fingerprint density at radius 2 is 1.70 bits per heavy atom. The van der Waals surface area contributed by atoms with Gasteiger partial charge in [-0.15, -0.1) is 0 Å². The molecule has 0 aliphatic heterocycles. The Morgan fingerprint density at radius 3 is 2.20 bits per heavy atom. The summed E-state index contributed by atoms with van der Waals surface area (Å²) in [5, 5.41) is 0. The largest absolute Gasteiger partial charge is 0.468 e. The Hall–Kier alpha value is -2.54. The smallest absolute Gasteiger partial charge is 0.320 e. The molecular formula is C16H16O4. The molecule has 0 bridgehead atoms. The van der Waals surface area contributed by atoms with Crippen LogP contribution in [0.25, 0.3) is 0 Å². The van der Waals surface area contributed by atoms with Crippen LogP contribution in [0.3, 0.4) is 0 Å². The second kappa shape index (κ2) is 7.80. The lowest BCUT2D eigenvalue weighted by Gasteiger charge is -2.11. The van der Waals surface area contributed by atoms with E-state index in [4.69, 9.17) is 0 Å². The molecule has 0 fully saturated rings. The fourth-order valence-corrected chi connectivity index (χ4v) is 1.53. The first kappa shape index (κ1) is 15.5. The Labute approximate surface area is 118 Å². The van der Waals surface area contributed by atoms with E-state index in [-0.39, 0.29) is 6.42 Å². The summed E-state index contributed by atoms with van der Waals surface area (Å²) in [6.45, 7) is 3.75. The molecule has 1 aromatic carbocycles. The topological polar surface area (TPSA) is 52.6 Å². The lowest BCUT2D eigenvalue weighted by atomic mass is 10.0. The maximum atomic E-state index is 11.5. The average molecular weight is 272 g/mol. The summed E-state index contributed by atoms with van der Waals surface area (Å²) in [7, 11) is 2.44. The molecule has 0 saturated heterocycles. The number of esters is 2. The van der Waals surface area contributed by atoms with Crippen molar-refractivity contribution in [2.24, 2.45) is 5.92 Å². The van der Waals surface area contributed by atoms with Crippen LogP contribution < -0.4 is 0 Å². The highest BCUT2D eigenvalue weighted by Crippen LogP contribution is 2.13. The predicted octanol–water partition coefficient (Wildman–Crippen LogP) is 1.95. The Balaban J connectivity index is 2.75. The quantitative estimate of drug-likeness (QED) is 0.477. The molecule has 1 rings (SSSR count). The van der Waals surface area contributed by atoms with Crippen molar-refractivity contribution in [2.45, 2.75) is 6.42 Å². The highest BCUT2D eigenvalue weighted by molar-refractivity contribution is 5.95. The molecule has 0 saturated carbocycles. The van der Waals surface area contributed by atoms with Gasteiger partial charge >= 0.3 is 11.9 Å². The van der Waals surface area contributed by atoms with E-state index >= 15 is 0 Å². The van der Waals surface area contributed by atoms with Gasteiger partial charge in [0.1, 0.15) is 0 Å². The Kier molecular flexibility index (Phi) is 6.05. The number of methoxy groups -OCH3 is 2. The van der Waals surface area contributed by atoms with Crippen LogP contribution in [-0.2, 0) is 19.1 Å². The Bertz CT molecular complexity index is 533. The number of hydrogen-bond acceptors (Lipinski definition) is 4. The lowest BCUT2D eigenvalue weighted by Crippen LogP contribution is -2.26. The summed E-state index contributed by atoms with van der Waals surface area (Å²) in [5.74, 6) is 3.41. The number of carbonyl (C=O) groups is 2. The number of hydrogen-bond donors (Lipinski definition) is 0. The first-order valence-electron chi connectivity index (χ1n) is 5.99. The molecule has 0 aromatic heterocycles. The third kappa shape index (κ3) is 4.62. The number of ether oxygens (including phenoxy) is 2. The normalized spacial score (nSPS) is 9.35. The first-order chi connectivity index (χ1) is 9.58. The van der Waals surface area contributed by atoms with E-state index in [2.05, 4.69) is 27.9 Å². The second-order valence-electron chi connectivity index (χ2n) is 4.02. The molecule has 4 nitrogen and oxygen atoms in total. The van der Waals surface area contributed by atoms with Crippen molar-refractivity contribution in [3.63, 3.8) is 0 Å². The van der Waals surface area contributed by atoms with Crippen molar-refractivity contribution in [1.82, 2.24) is 0 Å². The van der Waals surface area contributed by atoms with E-state index in [9.17, 15) is 9.59 Å². The van der Waals surface area contributed by atoms with Crippen LogP contribution in [0.4, 0.5) is 0 Å². The van der Waals surface area contributed by atoms with E-state index < -0.39 is 17.9 Å². The highest BCUT2D eigenvalue weighted by atomic mass is 16.5. The van der Waals surface area contributed by atoms with Crippen molar-refractivity contribution in [3.05, 3.63) is 48.0 Å². The zero-order valence-corrected chi connectivity index (χ0v) is 11.5. The van der Waals surface area contributed by atoms with Crippen LogP contribution in [-0.4, -0.2) is 26.2 Å². The van der Waals surface area contributed by atoms with Crippen molar-refractivity contribution >= 4 is 11.9 Å². The molecule has 0 N–H and O–H groups in total. The predicted molar refractivity (Wildman–Crippen MR) is 74.6 cm³/mol.